The van der Waals surface area contributed by atoms with E-state index in [1.165, 1.54) is 12.1 Å². The number of amides is 2. The van der Waals surface area contributed by atoms with Gasteiger partial charge in [0.1, 0.15) is 24.8 Å². The Morgan fingerprint density at radius 3 is 2.32 bits per heavy atom. The number of anilines is 1. The number of nitrogens with one attached hydrogen (secondary N) is 2. The van der Waals surface area contributed by atoms with Crippen LogP contribution in [0.5, 0.6) is 5.75 Å². The Bertz CT molecular complexity index is 1090. The third-order valence-corrected chi connectivity index (χ3v) is 5.02. The van der Waals surface area contributed by atoms with Crippen LogP contribution in [0.15, 0.2) is 72.8 Å². The number of hydrogen-bond acceptors (Lipinski definition) is 5. The highest BCUT2D eigenvalue weighted by Gasteiger charge is 2.14. The monoisotopic (exact) mass is 486 g/mol. The van der Waals surface area contributed by atoms with Crippen LogP contribution in [0.4, 0.5) is 14.9 Å². The zero-order valence-electron chi connectivity index (χ0n) is 18.2. The summed E-state index contributed by atoms with van der Waals surface area (Å²) in [7, 11) is 0. The second-order valence-electron chi connectivity index (χ2n) is 7.39. The first-order chi connectivity index (χ1) is 16.4. The SMILES string of the molecule is O=C(Cc1ccc(F)cc1)Nc1ccc(COC(=O)N[C@H](CO)COc2ccccc2Cl)cc1. The molecule has 0 saturated carbocycles. The number of ether oxygens (including phenoxy) is 2. The second-order valence-corrected chi connectivity index (χ2v) is 7.80. The molecule has 0 unspecified atom stereocenters. The largest absolute Gasteiger partial charge is 0.490 e. The van der Waals surface area contributed by atoms with E-state index in [4.69, 9.17) is 21.1 Å². The van der Waals surface area contributed by atoms with Crippen molar-refractivity contribution in [3.63, 3.8) is 0 Å². The number of carbonyl (C=O) groups excluding carboxylic acids is 2. The minimum Gasteiger partial charge on any atom is -0.490 e. The summed E-state index contributed by atoms with van der Waals surface area (Å²) in [5, 5.41) is 15.2. The number of halogens is 2. The minimum absolute atomic E-state index is 0.000835. The first kappa shape index (κ1) is 25.0. The molecule has 0 aliphatic carbocycles. The van der Waals surface area contributed by atoms with Crippen molar-refractivity contribution in [2.75, 3.05) is 18.5 Å². The molecule has 178 valence electrons. The number of para-hydroxylation sites is 1. The zero-order valence-corrected chi connectivity index (χ0v) is 18.9. The van der Waals surface area contributed by atoms with Gasteiger partial charge in [-0.25, -0.2) is 9.18 Å². The lowest BCUT2D eigenvalue weighted by Crippen LogP contribution is -2.41. The molecule has 0 saturated heterocycles. The van der Waals surface area contributed by atoms with Crippen molar-refractivity contribution in [1.29, 1.82) is 0 Å². The Morgan fingerprint density at radius 1 is 0.971 bits per heavy atom. The summed E-state index contributed by atoms with van der Waals surface area (Å²) < 4.78 is 23.7. The molecule has 0 spiro atoms. The van der Waals surface area contributed by atoms with Gasteiger partial charge in [0.15, 0.2) is 0 Å². The number of benzene rings is 3. The molecule has 2 amide bonds. The molecular weight excluding hydrogens is 463 g/mol. The molecule has 0 heterocycles. The van der Waals surface area contributed by atoms with Gasteiger partial charge in [-0.1, -0.05) is 48.0 Å². The lowest BCUT2D eigenvalue weighted by molar-refractivity contribution is -0.115. The van der Waals surface area contributed by atoms with Crippen molar-refractivity contribution in [2.45, 2.75) is 19.1 Å². The van der Waals surface area contributed by atoms with Crippen LogP contribution >= 0.6 is 11.6 Å². The second kappa shape index (κ2) is 12.6. The number of rotatable bonds is 10. The average Bonchev–Trinajstić information content (AvgIpc) is 2.83. The fraction of sp³-hybridized carbons (Fsp3) is 0.200. The van der Waals surface area contributed by atoms with Crippen LogP contribution < -0.4 is 15.4 Å². The lowest BCUT2D eigenvalue weighted by atomic mass is 10.1. The predicted octanol–water partition coefficient (Wildman–Crippen LogP) is 4.33. The number of aliphatic hydroxyl groups is 1. The van der Waals surface area contributed by atoms with Gasteiger partial charge in [0, 0.05) is 5.69 Å². The smallest absolute Gasteiger partial charge is 0.407 e. The normalized spacial score (nSPS) is 11.4. The predicted molar refractivity (Wildman–Crippen MR) is 126 cm³/mol. The highest BCUT2D eigenvalue weighted by atomic mass is 35.5. The van der Waals surface area contributed by atoms with Crippen molar-refractivity contribution in [1.82, 2.24) is 5.32 Å². The molecule has 0 radical (unpaired) electrons. The Hall–Kier alpha value is -3.62. The molecule has 3 N–H and O–H groups in total. The topological polar surface area (TPSA) is 96.9 Å². The van der Waals surface area contributed by atoms with E-state index in [1.54, 1.807) is 60.7 Å². The molecule has 3 aromatic rings. The van der Waals surface area contributed by atoms with E-state index in [-0.39, 0.29) is 38.0 Å². The fourth-order valence-corrected chi connectivity index (χ4v) is 3.12. The third-order valence-electron chi connectivity index (χ3n) is 4.70. The quantitative estimate of drug-likeness (QED) is 0.396. The van der Waals surface area contributed by atoms with Crippen LogP contribution in [0.3, 0.4) is 0 Å². The van der Waals surface area contributed by atoms with Crippen molar-refractivity contribution >= 4 is 29.3 Å². The van der Waals surface area contributed by atoms with E-state index in [0.717, 1.165) is 0 Å². The minimum atomic E-state index is -0.710. The number of aliphatic hydroxyl groups excluding tert-OH is 1. The Balaban J connectivity index is 1.41. The molecule has 0 aliphatic rings. The fourth-order valence-electron chi connectivity index (χ4n) is 2.93. The molecule has 9 heteroatoms. The molecule has 3 rings (SSSR count). The number of alkyl carbamates (subject to hydrolysis) is 1. The van der Waals surface area contributed by atoms with Gasteiger partial charge in [0.2, 0.25) is 5.91 Å². The van der Waals surface area contributed by atoms with E-state index >= 15 is 0 Å². The molecule has 0 bridgehead atoms. The van der Waals surface area contributed by atoms with Crippen LogP contribution in [0.25, 0.3) is 0 Å². The molecule has 0 fully saturated rings. The van der Waals surface area contributed by atoms with Crippen LogP contribution in [0.1, 0.15) is 11.1 Å². The van der Waals surface area contributed by atoms with E-state index in [9.17, 15) is 19.1 Å². The van der Waals surface area contributed by atoms with Crippen LogP contribution in [0.2, 0.25) is 5.02 Å². The molecular formula is C25H24ClFN2O5. The van der Waals surface area contributed by atoms with Gasteiger partial charge in [0.25, 0.3) is 0 Å². The van der Waals surface area contributed by atoms with Crippen molar-refractivity contribution in [2.24, 2.45) is 0 Å². The Kier molecular flexibility index (Phi) is 9.25. The molecule has 34 heavy (non-hydrogen) atoms. The van der Waals surface area contributed by atoms with E-state index in [1.807, 2.05) is 0 Å². The highest BCUT2D eigenvalue weighted by molar-refractivity contribution is 6.32. The molecule has 0 aliphatic heterocycles. The maximum atomic E-state index is 13.0. The van der Waals surface area contributed by atoms with Crippen LogP contribution in [0, 0.1) is 5.82 Å². The van der Waals surface area contributed by atoms with E-state index in [0.29, 0.717) is 27.6 Å². The van der Waals surface area contributed by atoms with E-state index in [2.05, 4.69) is 10.6 Å². The van der Waals surface area contributed by atoms with Crippen LogP contribution in [-0.2, 0) is 22.6 Å². The summed E-state index contributed by atoms with van der Waals surface area (Å²) in [5.41, 5.74) is 1.99. The van der Waals surface area contributed by atoms with Crippen molar-refractivity contribution in [3.8, 4) is 5.75 Å². The van der Waals surface area contributed by atoms with Gasteiger partial charge < -0.3 is 25.2 Å². The maximum Gasteiger partial charge on any atom is 0.407 e. The van der Waals surface area contributed by atoms with Gasteiger partial charge in [-0.15, -0.1) is 0 Å². The van der Waals surface area contributed by atoms with Crippen molar-refractivity contribution < 1.29 is 28.6 Å². The first-order valence-corrected chi connectivity index (χ1v) is 10.9. The molecule has 3 aromatic carbocycles. The average molecular weight is 487 g/mol. The van der Waals surface area contributed by atoms with Crippen molar-refractivity contribution in [3.05, 3.63) is 94.8 Å². The Morgan fingerprint density at radius 2 is 1.65 bits per heavy atom. The summed E-state index contributed by atoms with van der Waals surface area (Å²) in [6, 6.07) is 18.7. The molecule has 7 nitrogen and oxygen atoms in total. The maximum absolute atomic E-state index is 13.0. The first-order valence-electron chi connectivity index (χ1n) is 10.5. The molecule has 1 atom stereocenters. The summed E-state index contributed by atoms with van der Waals surface area (Å²) in [5.74, 6) is -0.139. The zero-order chi connectivity index (χ0) is 24.3. The third kappa shape index (κ3) is 8.06. The van der Waals surface area contributed by atoms with Gasteiger partial charge >= 0.3 is 6.09 Å². The molecule has 0 aromatic heterocycles. The summed E-state index contributed by atoms with van der Waals surface area (Å²) in [4.78, 5) is 24.2. The van der Waals surface area contributed by atoms with E-state index < -0.39 is 12.1 Å². The van der Waals surface area contributed by atoms with Gasteiger partial charge in [-0.2, -0.15) is 0 Å². The number of carbonyl (C=O) groups is 2. The summed E-state index contributed by atoms with van der Waals surface area (Å²) >= 11 is 6.02. The van der Waals surface area contributed by atoms with Crippen LogP contribution in [-0.4, -0.2) is 36.4 Å². The number of hydrogen-bond donors (Lipinski definition) is 3. The highest BCUT2D eigenvalue weighted by Crippen LogP contribution is 2.23. The lowest BCUT2D eigenvalue weighted by Gasteiger charge is -2.17. The summed E-state index contributed by atoms with van der Waals surface area (Å²) in [6.07, 6.45) is -0.587. The summed E-state index contributed by atoms with van der Waals surface area (Å²) in [6.45, 7) is -0.327. The van der Waals surface area contributed by atoms with Gasteiger partial charge in [-0.05, 0) is 47.5 Å². The van der Waals surface area contributed by atoms with Gasteiger partial charge in [-0.3, -0.25) is 4.79 Å². The Labute approximate surface area is 201 Å². The van der Waals surface area contributed by atoms with Gasteiger partial charge in [0.05, 0.1) is 24.1 Å². The standard InChI is InChI=1S/C25H24ClFN2O5/c26-22-3-1-2-4-23(22)33-16-21(14-30)29-25(32)34-15-18-7-11-20(12-8-18)28-24(31)13-17-5-9-19(27)10-6-17/h1-12,21,30H,13-16H2,(H,28,31)(H,29,32)/t21-/m1/s1.